The number of nitrogens with two attached hydrogens (primary N) is 1. The quantitative estimate of drug-likeness (QED) is 0.518. The summed E-state index contributed by atoms with van der Waals surface area (Å²) in [6, 6.07) is 21.7. The van der Waals surface area contributed by atoms with E-state index in [1.807, 2.05) is 61.5 Å². The highest BCUT2D eigenvalue weighted by Crippen LogP contribution is 2.36. The van der Waals surface area contributed by atoms with Crippen LogP contribution in [0.25, 0.3) is 21.9 Å². The number of carbonyl (C=O) groups excluding carboxylic acids is 1. The van der Waals surface area contributed by atoms with Crippen LogP contribution >= 0.6 is 0 Å². The number of anilines is 1. The van der Waals surface area contributed by atoms with E-state index in [0.29, 0.717) is 11.4 Å². The maximum absolute atomic E-state index is 12.8. The Labute approximate surface area is 169 Å². The van der Waals surface area contributed by atoms with E-state index >= 15 is 0 Å². The van der Waals surface area contributed by atoms with Crippen LogP contribution in [0.2, 0.25) is 0 Å². The van der Waals surface area contributed by atoms with Crippen molar-refractivity contribution in [2.24, 2.45) is 0 Å². The van der Waals surface area contributed by atoms with Crippen LogP contribution in [0.4, 0.5) is 5.69 Å². The maximum Gasteiger partial charge on any atom is 0.282 e. The molecule has 0 saturated carbocycles. The Balaban J connectivity index is 1.56. The zero-order chi connectivity index (χ0) is 20.4. The number of methoxy groups -OCH3 is 1. The normalized spacial score (nSPS) is 13.3. The number of fused-ring (bicyclic) bond motifs is 3. The van der Waals surface area contributed by atoms with Crippen molar-refractivity contribution in [2.45, 2.75) is 25.9 Å². The molecule has 4 rings (SSSR count). The van der Waals surface area contributed by atoms with Gasteiger partial charge in [-0.05, 0) is 26.0 Å². The largest absolute Gasteiger partial charge is 0.495 e. The third kappa shape index (κ3) is 3.82. The first kappa shape index (κ1) is 19.0. The Hall–Kier alpha value is -3.31. The number of carbonyl (C=O) groups is 1. The van der Waals surface area contributed by atoms with Crippen LogP contribution in [0.15, 0.2) is 71.1 Å². The number of hydrogen-bond donors (Lipinski definition) is 2. The second-order valence-electron chi connectivity index (χ2n) is 7.32. The van der Waals surface area contributed by atoms with Crippen LogP contribution in [0.5, 0.6) is 5.75 Å². The third-order valence-electron chi connectivity index (χ3n) is 5.27. The van der Waals surface area contributed by atoms with Gasteiger partial charge in [-0.1, -0.05) is 48.5 Å². The first-order valence-electron chi connectivity index (χ1n) is 9.77. The summed E-state index contributed by atoms with van der Waals surface area (Å²) in [5.74, 6) is 0.530. The summed E-state index contributed by atoms with van der Waals surface area (Å²) < 4.78 is 11.5. The minimum Gasteiger partial charge on any atom is -0.495 e. The second-order valence-corrected chi connectivity index (χ2v) is 7.32. The highest BCUT2D eigenvalue weighted by molar-refractivity contribution is 6.08. The van der Waals surface area contributed by atoms with Crippen LogP contribution in [0.3, 0.4) is 0 Å². The Morgan fingerprint density at radius 1 is 0.966 bits per heavy atom. The highest BCUT2D eigenvalue weighted by Gasteiger charge is 2.22. The van der Waals surface area contributed by atoms with Gasteiger partial charge in [0.1, 0.15) is 23.0 Å². The van der Waals surface area contributed by atoms with E-state index in [2.05, 4.69) is 29.7 Å². The molecular weight excluding hydrogens is 364 g/mol. The molecule has 3 aromatic carbocycles. The smallest absolute Gasteiger partial charge is 0.282 e. The number of rotatable bonds is 6. The summed E-state index contributed by atoms with van der Waals surface area (Å²) in [6.45, 7) is 4.00. The second kappa shape index (κ2) is 7.97. The molecule has 1 heterocycles. The molecule has 0 fully saturated rings. The molecule has 0 bridgehead atoms. The maximum atomic E-state index is 12.8. The van der Waals surface area contributed by atoms with Crippen LogP contribution in [-0.2, 0) is 4.79 Å². The summed E-state index contributed by atoms with van der Waals surface area (Å²) in [6.07, 6.45) is 0. The van der Waals surface area contributed by atoms with Crippen LogP contribution in [0, 0.1) is 0 Å². The molecule has 3 N–H and O–H groups in total. The fourth-order valence-electron chi connectivity index (χ4n) is 3.65. The SMILES string of the molecule is COc1cc2c(cc1NC(=O)[C@H](C)[NH2+][C@@H](C)c1ccccc1)oc1ccccc12. The van der Waals surface area contributed by atoms with Gasteiger partial charge in [-0.2, -0.15) is 0 Å². The molecule has 0 unspecified atom stereocenters. The van der Waals surface area contributed by atoms with E-state index < -0.39 is 0 Å². The number of hydrogen-bond acceptors (Lipinski definition) is 3. The van der Waals surface area contributed by atoms with E-state index in [0.717, 1.165) is 21.9 Å². The van der Waals surface area contributed by atoms with Gasteiger partial charge >= 0.3 is 0 Å². The number of ether oxygens (including phenoxy) is 1. The lowest BCUT2D eigenvalue weighted by atomic mass is 10.1. The summed E-state index contributed by atoms with van der Waals surface area (Å²) in [4.78, 5) is 12.8. The van der Waals surface area contributed by atoms with E-state index in [1.165, 1.54) is 5.56 Å². The van der Waals surface area contributed by atoms with Crippen molar-refractivity contribution in [1.82, 2.24) is 0 Å². The summed E-state index contributed by atoms with van der Waals surface area (Å²) in [5.41, 5.74) is 3.33. The average molecular weight is 389 g/mol. The highest BCUT2D eigenvalue weighted by atomic mass is 16.5. The van der Waals surface area contributed by atoms with Crippen LogP contribution in [0.1, 0.15) is 25.5 Å². The molecule has 1 aromatic heterocycles. The summed E-state index contributed by atoms with van der Waals surface area (Å²) in [7, 11) is 1.60. The first-order chi connectivity index (χ1) is 14.1. The zero-order valence-electron chi connectivity index (χ0n) is 16.8. The Bertz CT molecular complexity index is 1150. The monoisotopic (exact) mass is 389 g/mol. The molecule has 2 atom stereocenters. The van der Waals surface area contributed by atoms with Crippen molar-refractivity contribution in [3.8, 4) is 5.75 Å². The first-order valence-corrected chi connectivity index (χ1v) is 9.77. The number of benzene rings is 3. The minimum absolute atomic E-state index is 0.0819. The number of nitrogens with one attached hydrogen (secondary N) is 1. The molecule has 0 radical (unpaired) electrons. The van der Waals surface area contributed by atoms with Crippen molar-refractivity contribution in [1.29, 1.82) is 0 Å². The van der Waals surface area contributed by atoms with E-state index in [4.69, 9.17) is 9.15 Å². The van der Waals surface area contributed by atoms with Crippen molar-refractivity contribution in [3.63, 3.8) is 0 Å². The topological polar surface area (TPSA) is 68.1 Å². The predicted octanol–water partition coefficient (Wildman–Crippen LogP) is 4.25. The van der Waals surface area contributed by atoms with Gasteiger partial charge in [0, 0.05) is 22.4 Å². The lowest BCUT2D eigenvalue weighted by Crippen LogP contribution is -2.91. The lowest BCUT2D eigenvalue weighted by molar-refractivity contribution is -0.709. The third-order valence-corrected chi connectivity index (χ3v) is 5.27. The van der Waals surface area contributed by atoms with Crippen LogP contribution in [-0.4, -0.2) is 19.1 Å². The van der Waals surface area contributed by atoms with Gasteiger partial charge in [0.15, 0.2) is 6.04 Å². The van der Waals surface area contributed by atoms with Crippen LogP contribution < -0.4 is 15.4 Å². The van der Waals surface area contributed by atoms with E-state index in [-0.39, 0.29) is 18.0 Å². The van der Waals surface area contributed by atoms with E-state index in [9.17, 15) is 4.79 Å². The number of para-hydroxylation sites is 1. The van der Waals surface area contributed by atoms with Crippen molar-refractivity contribution in [3.05, 3.63) is 72.3 Å². The average Bonchev–Trinajstić information content (AvgIpc) is 3.11. The van der Waals surface area contributed by atoms with Gasteiger partial charge in [-0.25, -0.2) is 0 Å². The number of amides is 1. The molecular formula is C24H25N2O3+. The fourth-order valence-corrected chi connectivity index (χ4v) is 3.65. The van der Waals surface area contributed by atoms with Crippen molar-refractivity contribution < 1.29 is 19.3 Å². The molecule has 5 nitrogen and oxygen atoms in total. The Kier molecular flexibility index (Phi) is 5.23. The van der Waals surface area contributed by atoms with Gasteiger partial charge in [0.05, 0.1) is 12.8 Å². The Morgan fingerprint density at radius 3 is 2.45 bits per heavy atom. The van der Waals surface area contributed by atoms with Gasteiger partial charge in [-0.3, -0.25) is 4.79 Å². The molecule has 0 aliphatic heterocycles. The fraction of sp³-hybridized carbons (Fsp3) is 0.208. The molecule has 1 amide bonds. The molecule has 4 aromatic rings. The molecule has 148 valence electrons. The van der Waals surface area contributed by atoms with Crippen molar-refractivity contribution >= 4 is 33.5 Å². The molecule has 0 aliphatic rings. The standard InChI is InChI=1S/C24H24N2O3/c1-15(17-9-5-4-6-10-17)25-16(2)24(27)26-20-14-22-19(13-23(20)28-3)18-11-7-8-12-21(18)29-22/h4-16,25H,1-3H3,(H,26,27)/p+1/t15-,16-/m0/s1. The van der Waals surface area contributed by atoms with Crippen molar-refractivity contribution in [2.75, 3.05) is 12.4 Å². The zero-order valence-corrected chi connectivity index (χ0v) is 16.8. The predicted molar refractivity (Wildman–Crippen MR) is 115 cm³/mol. The molecule has 0 aliphatic carbocycles. The number of quaternary nitrogens is 1. The summed E-state index contributed by atoms with van der Waals surface area (Å²) >= 11 is 0. The van der Waals surface area contributed by atoms with Gasteiger partial charge in [-0.15, -0.1) is 0 Å². The van der Waals surface area contributed by atoms with E-state index in [1.54, 1.807) is 7.11 Å². The molecule has 0 spiro atoms. The summed E-state index contributed by atoms with van der Waals surface area (Å²) in [5, 5.41) is 7.04. The number of furan rings is 1. The van der Waals surface area contributed by atoms with Gasteiger partial charge in [0.25, 0.3) is 5.91 Å². The molecule has 29 heavy (non-hydrogen) atoms. The molecule has 0 saturated heterocycles. The minimum atomic E-state index is -0.263. The van der Waals surface area contributed by atoms with Gasteiger partial charge < -0.3 is 19.8 Å². The molecule has 5 heteroatoms. The lowest BCUT2D eigenvalue weighted by Gasteiger charge is -2.17. The Morgan fingerprint density at radius 2 is 1.69 bits per heavy atom. The van der Waals surface area contributed by atoms with Gasteiger partial charge in [0.2, 0.25) is 0 Å².